The van der Waals surface area contributed by atoms with E-state index in [2.05, 4.69) is 15.1 Å². The molecule has 1 saturated carbocycles. The molecule has 3 atom stereocenters. The lowest BCUT2D eigenvalue weighted by molar-refractivity contribution is -0.141. The standard InChI is InChI=1S/C16H19N5O3/c1-9-6-7-17-16-18-13(19-21(9)16)14(22)20-11-5-3-2-4-10(11)8-12(20)15(23)24/h6-7,10-12H,2-5,8H2,1H3,(H,23,24)/t10-,11+,12+/m1/s1. The van der Waals surface area contributed by atoms with Gasteiger partial charge in [0.2, 0.25) is 5.82 Å². The fourth-order valence-electron chi connectivity index (χ4n) is 4.09. The Hall–Kier alpha value is -2.51. The van der Waals surface area contributed by atoms with Crippen LogP contribution in [-0.2, 0) is 4.79 Å². The van der Waals surface area contributed by atoms with Crippen LogP contribution in [0, 0.1) is 12.8 Å². The molecule has 0 spiro atoms. The molecule has 1 saturated heterocycles. The first-order valence-electron chi connectivity index (χ1n) is 8.30. The quantitative estimate of drug-likeness (QED) is 0.891. The number of rotatable bonds is 2. The molecule has 1 amide bonds. The Morgan fingerprint density at radius 1 is 1.29 bits per heavy atom. The van der Waals surface area contributed by atoms with Crippen molar-refractivity contribution in [1.82, 2.24) is 24.5 Å². The molecule has 1 aliphatic heterocycles. The highest BCUT2D eigenvalue weighted by Crippen LogP contribution is 2.40. The van der Waals surface area contributed by atoms with Crippen LogP contribution in [0.1, 0.15) is 48.4 Å². The third kappa shape index (κ3) is 2.24. The van der Waals surface area contributed by atoms with E-state index in [4.69, 9.17) is 0 Å². The molecule has 8 nitrogen and oxygen atoms in total. The number of fused-ring (bicyclic) bond motifs is 2. The zero-order valence-corrected chi connectivity index (χ0v) is 13.4. The minimum atomic E-state index is -0.948. The molecule has 2 aliphatic rings. The Morgan fingerprint density at radius 2 is 2.08 bits per heavy atom. The van der Waals surface area contributed by atoms with Gasteiger partial charge in [-0.05, 0) is 38.2 Å². The normalized spacial score (nSPS) is 26.5. The minimum Gasteiger partial charge on any atom is -0.480 e. The lowest BCUT2D eigenvalue weighted by Crippen LogP contribution is -2.46. The number of likely N-dealkylation sites (tertiary alicyclic amines) is 1. The van der Waals surface area contributed by atoms with Gasteiger partial charge in [-0.3, -0.25) is 4.79 Å². The van der Waals surface area contributed by atoms with Crippen LogP contribution in [-0.4, -0.2) is 53.5 Å². The third-order valence-electron chi connectivity index (χ3n) is 5.23. The van der Waals surface area contributed by atoms with E-state index in [1.807, 2.05) is 6.92 Å². The third-order valence-corrected chi connectivity index (χ3v) is 5.23. The first-order valence-corrected chi connectivity index (χ1v) is 8.30. The van der Waals surface area contributed by atoms with E-state index in [0.29, 0.717) is 12.2 Å². The maximum absolute atomic E-state index is 13.0. The molecule has 4 rings (SSSR count). The zero-order valence-electron chi connectivity index (χ0n) is 13.4. The van der Waals surface area contributed by atoms with Crippen LogP contribution < -0.4 is 0 Å². The van der Waals surface area contributed by atoms with Crippen molar-refractivity contribution in [1.29, 1.82) is 0 Å². The first-order chi connectivity index (χ1) is 11.6. The number of hydrogen-bond donors (Lipinski definition) is 1. The average Bonchev–Trinajstić information content (AvgIpc) is 3.16. The number of carboxylic acid groups (broad SMARTS) is 1. The Morgan fingerprint density at radius 3 is 2.83 bits per heavy atom. The number of amides is 1. The smallest absolute Gasteiger partial charge is 0.326 e. The molecule has 126 valence electrons. The summed E-state index contributed by atoms with van der Waals surface area (Å²) in [7, 11) is 0. The molecule has 2 aromatic heterocycles. The van der Waals surface area contributed by atoms with Crippen LogP contribution in [0.4, 0.5) is 0 Å². The number of carboxylic acids is 1. The van der Waals surface area contributed by atoms with Gasteiger partial charge in [-0.2, -0.15) is 4.98 Å². The number of carbonyl (C=O) groups is 2. The Bertz CT molecular complexity index is 817. The highest BCUT2D eigenvalue weighted by atomic mass is 16.4. The van der Waals surface area contributed by atoms with Crippen molar-refractivity contribution < 1.29 is 14.7 Å². The molecule has 3 heterocycles. The fraction of sp³-hybridized carbons (Fsp3) is 0.562. The molecule has 24 heavy (non-hydrogen) atoms. The predicted molar refractivity (Wildman–Crippen MR) is 83.5 cm³/mol. The minimum absolute atomic E-state index is 0.0204. The summed E-state index contributed by atoms with van der Waals surface area (Å²) in [6.45, 7) is 1.85. The predicted octanol–water partition coefficient (Wildman–Crippen LogP) is 1.29. The number of hydrogen-bond acceptors (Lipinski definition) is 5. The molecule has 2 aromatic rings. The lowest BCUT2D eigenvalue weighted by Gasteiger charge is -2.32. The molecule has 0 bridgehead atoms. The highest BCUT2D eigenvalue weighted by Gasteiger charge is 2.48. The zero-order chi connectivity index (χ0) is 16.8. The number of aromatic nitrogens is 4. The monoisotopic (exact) mass is 329 g/mol. The van der Waals surface area contributed by atoms with E-state index in [1.54, 1.807) is 12.3 Å². The van der Waals surface area contributed by atoms with Crippen LogP contribution >= 0.6 is 0 Å². The van der Waals surface area contributed by atoms with Gasteiger partial charge >= 0.3 is 5.97 Å². The molecule has 1 N–H and O–H groups in total. The van der Waals surface area contributed by atoms with Gasteiger partial charge in [0, 0.05) is 17.9 Å². The Balaban J connectivity index is 1.72. The van der Waals surface area contributed by atoms with Crippen molar-refractivity contribution in [3.63, 3.8) is 0 Å². The summed E-state index contributed by atoms with van der Waals surface area (Å²) in [6, 6.07) is 0.975. The SMILES string of the molecule is Cc1ccnc2nc(C(=O)N3[C@H](C(=O)O)C[C@H]4CCCC[C@@H]43)nn12. The molecule has 0 unspecified atom stereocenters. The van der Waals surface area contributed by atoms with Crippen molar-refractivity contribution >= 4 is 17.7 Å². The second-order valence-corrected chi connectivity index (χ2v) is 6.65. The number of carbonyl (C=O) groups excluding carboxylic acids is 1. The van der Waals surface area contributed by atoms with Crippen LogP contribution in [0.15, 0.2) is 12.3 Å². The van der Waals surface area contributed by atoms with Crippen LogP contribution in [0.5, 0.6) is 0 Å². The van der Waals surface area contributed by atoms with Gasteiger partial charge in [-0.1, -0.05) is 12.8 Å². The molecule has 8 heteroatoms. The maximum Gasteiger partial charge on any atom is 0.326 e. The second-order valence-electron chi connectivity index (χ2n) is 6.65. The Labute approximate surface area is 138 Å². The summed E-state index contributed by atoms with van der Waals surface area (Å²) >= 11 is 0. The van der Waals surface area contributed by atoms with Crippen molar-refractivity contribution in [2.24, 2.45) is 5.92 Å². The number of nitrogens with zero attached hydrogens (tertiary/aromatic N) is 5. The molecule has 1 aliphatic carbocycles. The average molecular weight is 329 g/mol. The first kappa shape index (κ1) is 15.0. The Kier molecular flexibility index (Phi) is 3.47. The largest absolute Gasteiger partial charge is 0.480 e. The molecular formula is C16H19N5O3. The summed E-state index contributed by atoms with van der Waals surface area (Å²) in [5, 5.41) is 13.8. The molecule has 2 fully saturated rings. The lowest BCUT2D eigenvalue weighted by atomic mass is 9.85. The van der Waals surface area contributed by atoms with Gasteiger partial charge in [0.05, 0.1) is 0 Å². The van der Waals surface area contributed by atoms with Crippen molar-refractivity contribution in [2.75, 3.05) is 0 Å². The summed E-state index contributed by atoms with van der Waals surface area (Å²) in [5.74, 6) is -0.711. The summed E-state index contributed by atoms with van der Waals surface area (Å²) < 4.78 is 1.51. The van der Waals surface area contributed by atoms with E-state index in [9.17, 15) is 14.7 Å². The van der Waals surface area contributed by atoms with Gasteiger partial charge in [0.25, 0.3) is 11.7 Å². The van der Waals surface area contributed by atoms with E-state index >= 15 is 0 Å². The summed E-state index contributed by atoms with van der Waals surface area (Å²) in [6.07, 6.45) is 6.10. The fourth-order valence-corrected chi connectivity index (χ4v) is 4.09. The van der Waals surface area contributed by atoms with E-state index in [1.165, 1.54) is 9.42 Å². The van der Waals surface area contributed by atoms with Crippen LogP contribution in [0.3, 0.4) is 0 Å². The van der Waals surface area contributed by atoms with E-state index in [-0.39, 0.29) is 17.8 Å². The maximum atomic E-state index is 13.0. The van der Waals surface area contributed by atoms with Crippen LogP contribution in [0.25, 0.3) is 5.78 Å². The van der Waals surface area contributed by atoms with E-state index in [0.717, 1.165) is 31.4 Å². The van der Waals surface area contributed by atoms with E-state index < -0.39 is 17.9 Å². The highest BCUT2D eigenvalue weighted by molar-refractivity contribution is 5.94. The number of aryl methyl sites for hydroxylation is 1. The summed E-state index contributed by atoms with van der Waals surface area (Å²) in [5.41, 5.74) is 0.818. The van der Waals surface area contributed by atoms with Crippen LogP contribution in [0.2, 0.25) is 0 Å². The van der Waals surface area contributed by atoms with Gasteiger partial charge in [0.15, 0.2) is 0 Å². The topological polar surface area (TPSA) is 101 Å². The van der Waals surface area contributed by atoms with Gasteiger partial charge in [-0.15, -0.1) is 5.10 Å². The van der Waals surface area contributed by atoms with Crippen molar-refractivity contribution in [3.8, 4) is 0 Å². The molecule has 0 radical (unpaired) electrons. The van der Waals surface area contributed by atoms with Gasteiger partial charge in [-0.25, -0.2) is 14.3 Å². The molecular weight excluding hydrogens is 310 g/mol. The second kappa shape index (κ2) is 5.54. The molecule has 0 aromatic carbocycles. The van der Waals surface area contributed by atoms with Gasteiger partial charge < -0.3 is 10.0 Å². The van der Waals surface area contributed by atoms with Crippen molar-refractivity contribution in [2.45, 2.75) is 51.1 Å². The summed E-state index contributed by atoms with van der Waals surface area (Å²) in [4.78, 5) is 34.5. The van der Waals surface area contributed by atoms with Gasteiger partial charge in [0.1, 0.15) is 6.04 Å². The van der Waals surface area contributed by atoms with Crippen molar-refractivity contribution in [3.05, 3.63) is 23.8 Å². The number of aliphatic carboxylic acids is 1.